The Balaban J connectivity index is 1.53. The number of likely N-dealkylation sites (tertiary alicyclic amines) is 1. The number of quaternary nitrogens is 1. The summed E-state index contributed by atoms with van der Waals surface area (Å²) in [6.45, 7) is 6.49. The molecule has 2 saturated heterocycles. The highest BCUT2D eigenvalue weighted by Gasteiger charge is 2.31. The minimum absolute atomic E-state index is 0.140. The molecule has 0 atom stereocenters. The van der Waals surface area contributed by atoms with Gasteiger partial charge >= 0.3 is 0 Å². The maximum Gasteiger partial charge on any atom is 0.277 e. The molecule has 0 aliphatic carbocycles. The van der Waals surface area contributed by atoms with E-state index in [-0.39, 0.29) is 10.8 Å². The first-order chi connectivity index (χ1) is 12.9. The molecule has 0 spiro atoms. The van der Waals surface area contributed by atoms with Crippen LogP contribution in [0.5, 0.6) is 5.75 Å². The monoisotopic (exact) mass is 396 g/mol. The number of hydrogen-bond acceptors (Lipinski definition) is 4. The molecule has 0 radical (unpaired) electrons. The van der Waals surface area contributed by atoms with Gasteiger partial charge in [-0.1, -0.05) is 6.92 Å². The average Bonchev–Trinajstić information content (AvgIpc) is 2.70. The molecule has 7 nitrogen and oxygen atoms in total. The van der Waals surface area contributed by atoms with E-state index in [0.29, 0.717) is 38.5 Å². The Morgan fingerprint density at radius 1 is 1.11 bits per heavy atom. The predicted octanol–water partition coefficient (Wildman–Crippen LogP) is -0.157. The van der Waals surface area contributed by atoms with Crippen molar-refractivity contribution in [3.8, 4) is 5.75 Å². The minimum atomic E-state index is -3.53. The number of carbonyl (C=O) groups excluding carboxylic acids is 1. The van der Waals surface area contributed by atoms with Crippen molar-refractivity contribution in [2.24, 2.45) is 5.92 Å². The molecule has 2 aliphatic rings. The van der Waals surface area contributed by atoms with E-state index in [9.17, 15) is 13.2 Å². The molecule has 1 N–H and O–H groups in total. The number of piperidine rings is 1. The first-order valence-electron chi connectivity index (χ1n) is 9.65. The molecule has 0 unspecified atom stereocenters. The molecule has 0 aromatic heterocycles. The summed E-state index contributed by atoms with van der Waals surface area (Å²) in [5.41, 5.74) is 0. The Morgan fingerprint density at radius 2 is 1.70 bits per heavy atom. The van der Waals surface area contributed by atoms with E-state index >= 15 is 0 Å². The van der Waals surface area contributed by atoms with Gasteiger partial charge in [0.2, 0.25) is 10.0 Å². The molecule has 3 rings (SSSR count). The molecule has 150 valence electrons. The van der Waals surface area contributed by atoms with Gasteiger partial charge in [0.1, 0.15) is 5.75 Å². The Bertz CT molecular complexity index is 735. The molecular formula is C19H30N3O4S+. The van der Waals surface area contributed by atoms with E-state index in [1.165, 1.54) is 22.0 Å². The summed E-state index contributed by atoms with van der Waals surface area (Å²) in [6.07, 6.45) is 2.35. The largest absolute Gasteiger partial charge is 0.497 e. The normalized spacial score (nSPS) is 24.6. The number of piperazine rings is 1. The van der Waals surface area contributed by atoms with Crippen molar-refractivity contribution in [1.29, 1.82) is 0 Å². The fourth-order valence-electron chi connectivity index (χ4n) is 3.75. The number of nitrogens with zero attached hydrogens (tertiary/aromatic N) is 2. The number of benzene rings is 1. The summed E-state index contributed by atoms with van der Waals surface area (Å²) in [5.74, 6) is 1.52. The van der Waals surface area contributed by atoms with Crippen molar-refractivity contribution >= 4 is 15.9 Å². The van der Waals surface area contributed by atoms with Gasteiger partial charge in [-0.05, 0) is 43.0 Å². The molecule has 27 heavy (non-hydrogen) atoms. The van der Waals surface area contributed by atoms with Gasteiger partial charge < -0.3 is 14.5 Å². The SMILES string of the molecule is COc1ccc(S(=O)(=O)N2CCN(C(=O)C[NH+]3CCC(C)CC3)CC2)cc1. The van der Waals surface area contributed by atoms with Crippen molar-refractivity contribution < 1.29 is 22.8 Å². The van der Waals surface area contributed by atoms with E-state index in [0.717, 1.165) is 19.0 Å². The van der Waals surface area contributed by atoms with Crippen molar-refractivity contribution in [1.82, 2.24) is 9.21 Å². The van der Waals surface area contributed by atoms with Gasteiger partial charge in [0.15, 0.2) is 6.54 Å². The number of amides is 1. The number of ether oxygens (including phenoxy) is 1. The van der Waals surface area contributed by atoms with Crippen molar-refractivity contribution in [2.75, 3.05) is 52.9 Å². The number of rotatable bonds is 5. The Labute approximate surface area is 161 Å². The van der Waals surface area contributed by atoms with Gasteiger partial charge in [0.25, 0.3) is 5.91 Å². The molecular weight excluding hydrogens is 366 g/mol. The van der Waals surface area contributed by atoms with Gasteiger partial charge in [-0.15, -0.1) is 0 Å². The van der Waals surface area contributed by atoms with Crippen LogP contribution in [-0.4, -0.2) is 76.5 Å². The van der Waals surface area contributed by atoms with Crippen LogP contribution >= 0.6 is 0 Å². The average molecular weight is 397 g/mol. The maximum atomic E-state index is 12.8. The summed E-state index contributed by atoms with van der Waals surface area (Å²) in [5, 5.41) is 0. The van der Waals surface area contributed by atoms with Crippen LogP contribution in [0.25, 0.3) is 0 Å². The van der Waals surface area contributed by atoms with E-state index in [4.69, 9.17) is 4.74 Å². The third kappa shape index (κ3) is 4.80. The molecule has 1 aromatic carbocycles. The van der Waals surface area contributed by atoms with E-state index in [2.05, 4.69) is 6.92 Å². The van der Waals surface area contributed by atoms with Crippen molar-refractivity contribution in [2.45, 2.75) is 24.7 Å². The molecule has 8 heteroatoms. The van der Waals surface area contributed by atoms with Gasteiger partial charge in [-0.2, -0.15) is 4.31 Å². The van der Waals surface area contributed by atoms with Gasteiger partial charge in [0.05, 0.1) is 25.1 Å². The third-order valence-electron chi connectivity index (χ3n) is 5.67. The topological polar surface area (TPSA) is 71.4 Å². The van der Waals surface area contributed by atoms with Crippen LogP contribution in [-0.2, 0) is 14.8 Å². The van der Waals surface area contributed by atoms with Gasteiger partial charge in [-0.3, -0.25) is 4.79 Å². The molecule has 0 saturated carbocycles. The first kappa shape index (κ1) is 20.1. The standard InChI is InChI=1S/C19H29N3O4S/c1-16-7-9-20(10-8-16)15-19(23)21-11-13-22(14-12-21)27(24,25)18-5-3-17(26-2)4-6-18/h3-6,16H,7-15H2,1-2H3/p+1. The Hall–Kier alpha value is -1.64. The molecule has 2 aliphatic heterocycles. The Morgan fingerprint density at radius 3 is 2.26 bits per heavy atom. The summed E-state index contributed by atoms with van der Waals surface area (Å²) in [7, 11) is -1.99. The summed E-state index contributed by atoms with van der Waals surface area (Å²) < 4.78 is 32.1. The zero-order valence-electron chi connectivity index (χ0n) is 16.2. The van der Waals surface area contributed by atoms with Crippen LogP contribution in [0.15, 0.2) is 29.2 Å². The molecule has 2 fully saturated rings. The maximum absolute atomic E-state index is 12.8. The van der Waals surface area contributed by atoms with Crippen molar-refractivity contribution in [3.63, 3.8) is 0 Å². The zero-order chi connectivity index (χ0) is 19.4. The quantitative estimate of drug-likeness (QED) is 0.751. The first-order valence-corrected chi connectivity index (χ1v) is 11.1. The summed E-state index contributed by atoms with van der Waals surface area (Å²) >= 11 is 0. The Kier molecular flexibility index (Phi) is 6.39. The lowest BCUT2D eigenvalue weighted by atomic mass is 9.99. The minimum Gasteiger partial charge on any atom is -0.497 e. The molecule has 1 amide bonds. The van der Waals surface area contributed by atoms with E-state index < -0.39 is 10.0 Å². The highest BCUT2D eigenvalue weighted by molar-refractivity contribution is 7.89. The number of sulfonamides is 1. The highest BCUT2D eigenvalue weighted by Crippen LogP contribution is 2.20. The van der Waals surface area contributed by atoms with Crippen LogP contribution in [0.2, 0.25) is 0 Å². The van der Waals surface area contributed by atoms with Crippen LogP contribution in [0.3, 0.4) is 0 Å². The van der Waals surface area contributed by atoms with Crippen molar-refractivity contribution in [3.05, 3.63) is 24.3 Å². The van der Waals surface area contributed by atoms with Gasteiger partial charge in [0, 0.05) is 26.2 Å². The van der Waals surface area contributed by atoms with Crippen LogP contribution in [0.4, 0.5) is 0 Å². The number of nitrogens with one attached hydrogen (secondary N) is 1. The fourth-order valence-corrected chi connectivity index (χ4v) is 5.17. The molecule has 0 bridgehead atoms. The van der Waals surface area contributed by atoms with E-state index in [1.807, 2.05) is 4.90 Å². The zero-order valence-corrected chi connectivity index (χ0v) is 17.0. The highest BCUT2D eigenvalue weighted by atomic mass is 32.2. The number of methoxy groups -OCH3 is 1. The predicted molar refractivity (Wildman–Crippen MR) is 102 cm³/mol. The fraction of sp³-hybridized carbons (Fsp3) is 0.632. The van der Waals surface area contributed by atoms with Crippen LogP contribution < -0.4 is 9.64 Å². The molecule has 2 heterocycles. The molecule has 1 aromatic rings. The van der Waals surface area contributed by atoms with Crippen LogP contribution in [0.1, 0.15) is 19.8 Å². The van der Waals surface area contributed by atoms with Gasteiger partial charge in [-0.25, -0.2) is 8.42 Å². The summed E-state index contributed by atoms with van der Waals surface area (Å²) in [6, 6.07) is 6.42. The second-order valence-corrected chi connectivity index (χ2v) is 9.51. The second kappa shape index (κ2) is 8.58. The van der Waals surface area contributed by atoms with E-state index in [1.54, 1.807) is 31.4 Å². The second-order valence-electron chi connectivity index (χ2n) is 7.57. The lowest BCUT2D eigenvalue weighted by molar-refractivity contribution is -0.898. The summed E-state index contributed by atoms with van der Waals surface area (Å²) in [4.78, 5) is 16.0. The lowest BCUT2D eigenvalue weighted by Gasteiger charge is -2.35. The third-order valence-corrected chi connectivity index (χ3v) is 7.58. The smallest absolute Gasteiger partial charge is 0.277 e. The number of hydrogen-bond donors (Lipinski definition) is 1. The van der Waals surface area contributed by atoms with Crippen LogP contribution in [0, 0.1) is 5.92 Å². The number of carbonyl (C=O) groups is 1. The lowest BCUT2D eigenvalue weighted by Crippen LogP contribution is -3.14.